The number of nitrogens with zero attached hydrogens (tertiary/aromatic N) is 4. The molecular weight excluding hydrogens is 314 g/mol. The third-order valence-corrected chi connectivity index (χ3v) is 4.58. The van der Waals surface area contributed by atoms with E-state index >= 15 is 0 Å². The molecule has 0 saturated heterocycles. The van der Waals surface area contributed by atoms with Crippen molar-refractivity contribution in [1.82, 2.24) is 20.2 Å². The predicted octanol–water partition coefficient (Wildman–Crippen LogP) is 3.03. The number of hydrogen-bond donors (Lipinski definition) is 1. The minimum Gasteiger partial charge on any atom is -0.420 e. The van der Waals surface area contributed by atoms with E-state index in [-0.39, 0.29) is 11.6 Å². The molecule has 1 aliphatic carbocycles. The van der Waals surface area contributed by atoms with E-state index in [4.69, 9.17) is 4.42 Å². The number of carbonyl (C=O) groups is 1. The molecule has 3 aromatic rings. The zero-order chi connectivity index (χ0) is 15.8. The number of rotatable bonds is 4. The summed E-state index contributed by atoms with van der Waals surface area (Å²) < 4.78 is 5.70. The second kappa shape index (κ2) is 5.54. The second-order valence-electron chi connectivity index (χ2n) is 5.35. The zero-order valence-corrected chi connectivity index (χ0v) is 13.1. The van der Waals surface area contributed by atoms with Gasteiger partial charge in [-0.2, -0.15) is 0 Å². The lowest BCUT2D eigenvalue weighted by molar-refractivity contribution is 0.102. The first-order valence-corrected chi connectivity index (χ1v) is 8.04. The fourth-order valence-electron chi connectivity index (χ4n) is 2.14. The van der Waals surface area contributed by atoms with Crippen LogP contribution in [0.1, 0.15) is 40.0 Å². The van der Waals surface area contributed by atoms with Crippen LogP contribution in [0.25, 0.3) is 10.8 Å². The van der Waals surface area contributed by atoms with Crippen molar-refractivity contribution in [3.05, 3.63) is 41.1 Å². The third-order valence-electron chi connectivity index (χ3n) is 3.54. The molecule has 1 N–H and O–H groups in total. The van der Waals surface area contributed by atoms with E-state index in [1.165, 1.54) is 29.9 Å². The molecule has 7 nitrogen and oxygen atoms in total. The van der Waals surface area contributed by atoms with Crippen LogP contribution in [0.5, 0.6) is 0 Å². The van der Waals surface area contributed by atoms with Gasteiger partial charge in [-0.25, -0.2) is 4.98 Å². The molecule has 1 aliphatic rings. The summed E-state index contributed by atoms with van der Waals surface area (Å²) in [5, 5.41) is 11.0. The number of nitrogens with one attached hydrogen (secondary N) is 1. The molecule has 1 fully saturated rings. The molecule has 1 amide bonds. The van der Waals surface area contributed by atoms with Crippen LogP contribution in [0, 0.1) is 6.92 Å². The van der Waals surface area contributed by atoms with Gasteiger partial charge in [0.25, 0.3) is 11.8 Å². The van der Waals surface area contributed by atoms with E-state index in [9.17, 15) is 4.79 Å². The molecule has 23 heavy (non-hydrogen) atoms. The van der Waals surface area contributed by atoms with Crippen molar-refractivity contribution in [1.29, 1.82) is 0 Å². The molecule has 0 aliphatic heterocycles. The van der Waals surface area contributed by atoms with Crippen molar-refractivity contribution in [2.75, 3.05) is 5.32 Å². The van der Waals surface area contributed by atoms with Crippen molar-refractivity contribution < 1.29 is 9.21 Å². The number of aromatic nitrogens is 4. The van der Waals surface area contributed by atoms with Gasteiger partial charge in [-0.1, -0.05) is 0 Å². The van der Waals surface area contributed by atoms with Crippen LogP contribution >= 0.6 is 11.3 Å². The maximum absolute atomic E-state index is 12.2. The van der Waals surface area contributed by atoms with E-state index in [2.05, 4.69) is 25.5 Å². The van der Waals surface area contributed by atoms with Gasteiger partial charge < -0.3 is 9.73 Å². The van der Waals surface area contributed by atoms with E-state index in [1.807, 2.05) is 13.0 Å². The van der Waals surface area contributed by atoms with Crippen LogP contribution in [0.2, 0.25) is 0 Å². The maximum Gasteiger partial charge on any atom is 0.275 e. The Bertz CT molecular complexity index is 854. The van der Waals surface area contributed by atoms with E-state index in [0.717, 1.165) is 22.6 Å². The van der Waals surface area contributed by atoms with Crippen molar-refractivity contribution in [3.8, 4) is 10.8 Å². The predicted molar refractivity (Wildman–Crippen MR) is 84.3 cm³/mol. The highest BCUT2D eigenvalue weighted by Gasteiger charge is 2.29. The highest BCUT2D eigenvalue weighted by Crippen LogP contribution is 2.41. The summed E-state index contributed by atoms with van der Waals surface area (Å²) in [7, 11) is 0. The second-order valence-corrected chi connectivity index (χ2v) is 6.60. The van der Waals surface area contributed by atoms with Gasteiger partial charge >= 0.3 is 0 Å². The van der Waals surface area contributed by atoms with Crippen LogP contribution in [-0.4, -0.2) is 26.1 Å². The molecule has 8 heteroatoms. The summed E-state index contributed by atoms with van der Waals surface area (Å²) in [6.45, 7) is 1.93. The highest BCUT2D eigenvalue weighted by molar-refractivity contribution is 7.15. The summed E-state index contributed by atoms with van der Waals surface area (Å²) in [6, 6.07) is 1.85. The monoisotopic (exact) mass is 327 g/mol. The Morgan fingerprint density at radius 1 is 1.35 bits per heavy atom. The Morgan fingerprint density at radius 2 is 2.22 bits per heavy atom. The Hall–Kier alpha value is -2.61. The Labute approximate surface area is 135 Å². The van der Waals surface area contributed by atoms with Gasteiger partial charge in [0.2, 0.25) is 5.89 Å². The number of amides is 1. The van der Waals surface area contributed by atoms with Gasteiger partial charge in [0.05, 0.1) is 16.8 Å². The zero-order valence-electron chi connectivity index (χ0n) is 12.3. The summed E-state index contributed by atoms with van der Waals surface area (Å²) >= 11 is 1.50. The van der Waals surface area contributed by atoms with Crippen molar-refractivity contribution in [2.24, 2.45) is 0 Å². The molecule has 3 heterocycles. The lowest BCUT2D eigenvalue weighted by Crippen LogP contribution is -2.13. The fourth-order valence-corrected chi connectivity index (χ4v) is 3.04. The van der Waals surface area contributed by atoms with Gasteiger partial charge in [0, 0.05) is 23.2 Å². The van der Waals surface area contributed by atoms with Crippen LogP contribution in [0.3, 0.4) is 0 Å². The van der Waals surface area contributed by atoms with E-state index in [1.54, 1.807) is 0 Å². The molecule has 116 valence electrons. The minimum atomic E-state index is -0.297. The molecule has 0 unspecified atom stereocenters. The van der Waals surface area contributed by atoms with Crippen LogP contribution in [-0.2, 0) is 0 Å². The first-order chi connectivity index (χ1) is 11.2. The molecule has 0 radical (unpaired) electrons. The van der Waals surface area contributed by atoms with Gasteiger partial charge in [-0.15, -0.1) is 21.5 Å². The van der Waals surface area contributed by atoms with Gasteiger partial charge in [0.1, 0.15) is 5.69 Å². The number of aryl methyl sites for hydroxylation is 1. The molecule has 4 rings (SSSR count). The van der Waals surface area contributed by atoms with Crippen LogP contribution < -0.4 is 5.32 Å². The minimum absolute atomic E-state index is 0.272. The number of hydrogen-bond acceptors (Lipinski definition) is 7. The normalized spacial score (nSPS) is 14.0. The summed E-state index contributed by atoms with van der Waals surface area (Å²) in [5.74, 6) is 1.33. The first-order valence-electron chi connectivity index (χ1n) is 7.22. The SMILES string of the molecule is Cc1sc(-c2nnc(C3CC3)o2)cc1NC(=O)c1cnccn1. The van der Waals surface area contributed by atoms with Crippen LogP contribution in [0.15, 0.2) is 29.1 Å². The Kier molecular flexibility index (Phi) is 3.38. The first kappa shape index (κ1) is 14.0. The summed E-state index contributed by atoms with van der Waals surface area (Å²) in [4.78, 5) is 21.8. The molecule has 0 bridgehead atoms. The molecule has 1 saturated carbocycles. The van der Waals surface area contributed by atoms with E-state index in [0.29, 0.717) is 23.4 Å². The summed E-state index contributed by atoms with van der Waals surface area (Å²) in [6.07, 6.45) is 6.67. The average Bonchev–Trinajstić information content (AvgIpc) is 3.19. The lowest BCUT2D eigenvalue weighted by atomic mass is 10.3. The molecule has 3 aromatic heterocycles. The molecular formula is C15H13N5O2S. The largest absolute Gasteiger partial charge is 0.420 e. The topological polar surface area (TPSA) is 93.8 Å². The third kappa shape index (κ3) is 2.85. The fraction of sp³-hybridized carbons (Fsp3) is 0.267. The highest BCUT2D eigenvalue weighted by atomic mass is 32.1. The smallest absolute Gasteiger partial charge is 0.275 e. The summed E-state index contributed by atoms with van der Waals surface area (Å²) in [5.41, 5.74) is 0.986. The standard InChI is InChI=1S/C15H13N5O2S/c1-8-10(18-13(21)11-7-16-4-5-17-11)6-12(23-8)15-20-19-14(22-15)9-2-3-9/h4-7,9H,2-3H2,1H3,(H,18,21). The molecule has 0 aromatic carbocycles. The maximum atomic E-state index is 12.2. The van der Waals surface area contributed by atoms with E-state index < -0.39 is 0 Å². The van der Waals surface area contributed by atoms with Crippen LogP contribution in [0.4, 0.5) is 5.69 Å². The van der Waals surface area contributed by atoms with Crippen molar-refractivity contribution in [2.45, 2.75) is 25.7 Å². The number of carbonyl (C=O) groups excluding carboxylic acids is 1. The average molecular weight is 327 g/mol. The van der Waals surface area contributed by atoms with Gasteiger partial charge in [0.15, 0.2) is 0 Å². The van der Waals surface area contributed by atoms with Crippen molar-refractivity contribution in [3.63, 3.8) is 0 Å². The quantitative estimate of drug-likeness (QED) is 0.791. The number of anilines is 1. The molecule has 0 spiro atoms. The lowest BCUT2D eigenvalue weighted by Gasteiger charge is -2.02. The van der Waals surface area contributed by atoms with Crippen molar-refractivity contribution >= 4 is 22.9 Å². The number of thiophene rings is 1. The Balaban J connectivity index is 1.55. The Morgan fingerprint density at radius 3 is 2.96 bits per heavy atom. The molecule has 0 atom stereocenters. The van der Waals surface area contributed by atoms with Gasteiger partial charge in [-0.05, 0) is 25.8 Å². The van der Waals surface area contributed by atoms with Gasteiger partial charge in [-0.3, -0.25) is 9.78 Å².